The summed E-state index contributed by atoms with van der Waals surface area (Å²) in [6, 6.07) is 0. The summed E-state index contributed by atoms with van der Waals surface area (Å²) < 4.78 is 0. The van der Waals surface area contributed by atoms with Crippen LogP contribution in [-0.4, -0.2) is 12.3 Å². The van der Waals surface area contributed by atoms with Crippen LogP contribution in [0.25, 0.3) is 0 Å². The molecule has 9 heavy (non-hydrogen) atoms. The molecule has 0 rings (SSSR count). The Bertz CT molecular complexity index is 65.8. The van der Waals surface area contributed by atoms with Gasteiger partial charge in [-0.15, -0.1) is 0 Å². The molecule has 0 amide bonds. The van der Waals surface area contributed by atoms with Crippen molar-refractivity contribution in [3.63, 3.8) is 0 Å². The van der Waals surface area contributed by atoms with E-state index in [-0.39, 0.29) is 0 Å². The summed E-state index contributed by atoms with van der Waals surface area (Å²) in [5.41, 5.74) is 21.1. The molecule has 0 aliphatic heterocycles. The average Bonchev–Trinajstić information content (AvgIpc) is 1.63. The van der Waals surface area contributed by atoms with Crippen molar-refractivity contribution >= 4 is 0 Å². The number of nitrogens with two attached hydrogens (primary N) is 4. The van der Waals surface area contributed by atoms with Crippen LogP contribution in [0, 0.1) is 0 Å². The minimum Gasteiger partial charge on any atom is -0.330 e. The molecule has 4 nitrogen and oxygen atoms in total. The van der Waals surface area contributed by atoms with Crippen LogP contribution in [0.3, 0.4) is 0 Å². The Labute approximate surface area is 55.6 Å². The predicted octanol–water partition coefficient (Wildman–Crippen LogP) is -1.35. The van der Waals surface area contributed by atoms with Gasteiger partial charge in [0.2, 0.25) is 0 Å². The summed E-state index contributed by atoms with van der Waals surface area (Å²) in [4.78, 5) is 0. The van der Waals surface area contributed by atoms with Crippen molar-refractivity contribution < 1.29 is 0 Å². The molecule has 0 radical (unpaired) electrons. The maximum Gasteiger partial charge on any atom is 0.115 e. The van der Waals surface area contributed by atoms with Gasteiger partial charge < -0.3 is 22.9 Å². The first-order valence-corrected chi connectivity index (χ1v) is 3.13. The van der Waals surface area contributed by atoms with E-state index in [0.29, 0.717) is 13.0 Å². The summed E-state index contributed by atoms with van der Waals surface area (Å²) in [5, 5.41) is 0. The monoisotopic (exact) mass is 132 g/mol. The van der Waals surface area contributed by atoms with E-state index in [4.69, 9.17) is 22.9 Å². The van der Waals surface area contributed by atoms with E-state index in [1.54, 1.807) is 0 Å². The molecule has 0 fully saturated rings. The fraction of sp³-hybridized carbons (Fsp3) is 1.00. The topological polar surface area (TPSA) is 104 Å². The lowest BCUT2D eigenvalue weighted by atomic mass is 10.1. The van der Waals surface area contributed by atoms with Crippen molar-refractivity contribution in [1.82, 2.24) is 0 Å². The molecule has 0 aromatic carbocycles. The lowest BCUT2D eigenvalue weighted by molar-refractivity contribution is 0.407. The van der Waals surface area contributed by atoms with Crippen molar-refractivity contribution in [2.75, 3.05) is 6.54 Å². The predicted molar refractivity (Wildman–Crippen MR) is 38.2 cm³/mol. The van der Waals surface area contributed by atoms with Crippen LogP contribution < -0.4 is 22.9 Å². The van der Waals surface area contributed by atoms with Crippen LogP contribution in [0.1, 0.15) is 19.3 Å². The van der Waals surface area contributed by atoms with E-state index in [2.05, 4.69) is 0 Å². The third-order valence-electron chi connectivity index (χ3n) is 1.06. The zero-order chi connectivity index (χ0) is 7.33. The lowest BCUT2D eigenvalue weighted by Gasteiger charge is -2.17. The highest BCUT2D eigenvalue weighted by Crippen LogP contribution is 1.97. The molecule has 0 aliphatic rings. The van der Waals surface area contributed by atoms with Gasteiger partial charge in [-0.05, 0) is 25.8 Å². The van der Waals surface area contributed by atoms with Gasteiger partial charge in [0, 0.05) is 0 Å². The van der Waals surface area contributed by atoms with Gasteiger partial charge in [-0.2, -0.15) is 0 Å². The first-order valence-electron chi connectivity index (χ1n) is 3.13. The molecular weight excluding hydrogens is 116 g/mol. The summed E-state index contributed by atoms with van der Waals surface area (Å²) in [6.07, 6.45) is 2.47. The molecule has 0 bridgehead atoms. The normalized spacial score (nSPS) is 12.0. The van der Waals surface area contributed by atoms with Gasteiger partial charge in [0.1, 0.15) is 5.79 Å². The zero-order valence-electron chi connectivity index (χ0n) is 5.64. The molecule has 0 heterocycles. The van der Waals surface area contributed by atoms with Gasteiger partial charge in [0.15, 0.2) is 0 Å². The van der Waals surface area contributed by atoms with Gasteiger partial charge in [-0.1, -0.05) is 0 Å². The van der Waals surface area contributed by atoms with Crippen LogP contribution >= 0.6 is 0 Å². The minimum absolute atomic E-state index is 0.629. The Morgan fingerprint density at radius 2 is 1.56 bits per heavy atom. The Hall–Kier alpha value is -0.160. The third kappa shape index (κ3) is 7.84. The van der Waals surface area contributed by atoms with Crippen molar-refractivity contribution in [1.29, 1.82) is 0 Å². The average molecular weight is 132 g/mol. The second-order valence-electron chi connectivity index (χ2n) is 2.36. The third-order valence-corrected chi connectivity index (χ3v) is 1.06. The highest BCUT2D eigenvalue weighted by molar-refractivity contribution is 4.66. The lowest BCUT2D eigenvalue weighted by Crippen LogP contribution is -2.57. The van der Waals surface area contributed by atoms with E-state index in [1.165, 1.54) is 0 Å². The van der Waals surface area contributed by atoms with Crippen LogP contribution in [0.4, 0.5) is 0 Å². The largest absolute Gasteiger partial charge is 0.330 e. The van der Waals surface area contributed by atoms with Gasteiger partial charge in [-0.25, -0.2) is 0 Å². The van der Waals surface area contributed by atoms with Crippen LogP contribution in [0.5, 0.6) is 0 Å². The summed E-state index contributed by atoms with van der Waals surface area (Å²) in [7, 11) is 0. The van der Waals surface area contributed by atoms with Gasteiger partial charge in [0.05, 0.1) is 0 Å². The van der Waals surface area contributed by atoms with Crippen LogP contribution in [-0.2, 0) is 0 Å². The summed E-state index contributed by atoms with van der Waals surface area (Å²) in [5.74, 6) is -1.00. The number of rotatable bonds is 4. The molecule has 8 N–H and O–H groups in total. The molecule has 0 spiro atoms. The molecule has 0 saturated carbocycles. The zero-order valence-corrected chi connectivity index (χ0v) is 5.64. The smallest absolute Gasteiger partial charge is 0.115 e. The molecule has 0 unspecified atom stereocenters. The number of hydrogen-bond acceptors (Lipinski definition) is 4. The maximum absolute atomic E-state index is 5.29. The second kappa shape index (κ2) is 3.79. The molecule has 0 saturated heterocycles. The molecule has 4 heteroatoms. The van der Waals surface area contributed by atoms with E-state index in [1.807, 2.05) is 0 Å². The van der Waals surface area contributed by atoms with Gasteiger partial charge in [0.25, 0.3) is 0 Å². The standard InChI is InChI=1S/C5H16N4/c6-4-2-1-3-5(7,8)9/h1-4,6-9H2. The van der Waals surface area contributed by atoms with Crippen molar-refractivity contribution in [2.45, 2.75) is 25.0 Å². The number of unbranched alkanes of at least 4 members (excludes halogenated alkanes) is 1. The molecule has 0 aromatic rings. The van der Waals surface area contributed by atoms with Gasteiger partial charge >= 0.3 is 0 Å². The summed E-state index contributed by atoms with van der Waals surface area (Å²) in [6.45, 7) is 0.677. The van der Waals surface area contributed by atoms with Crippen LogP contribution in [0.15, 0.2) is 0 Å². The van der Waals surface area contributed by atoms with E-state index in [0.717, 1.165) is 12.8 Å². The fourth-order valence-corrected chi connectivity index (χ4v) is 0.576. The first kappa shape index (κ1) is 8.84. The molecule has 56 valence electrons. The van der Waals surface area contributed by atoms with E-state index >= 15 is 0 Å². The minimum atomic E-state index is -1.00. The maximum atomic E-state index is 5.29. The molecule has 0 atom stereocenters. The van der Waals surface area contributed by atoms with Crippen LogP contribution in [0.2, 0.25) is 0 Å². The quantitative estimate of drug-likeness (QED) is 0.280. The fourth-order valence-electron chi connectivity index (χ4n) is 0.576. The second-order valence-corrected chi connectivity index (χ2v) is 2.36. The Balaban J connectivity index is 3.07. The number of hydrogen-bond donors (Lipinski definition) is 4. The Kier molecular flexibility index (Phi) is 3.72. The molecule has 0 aromatic heterocycles. The van der Waals surface area contributed by atoms with Crippen molar-refractivity contribution in [3.05, 3.63) is 0 Å². The van der Waals surface area contributed by atoms with E-state index < -0.39 is 5.79 Å². The van der Waals surface area contributed by atoms with Gasteiger partial charge in [-0.3, -0.25) is 0 Å². The summed E-state index contributed by atoms with van der Waals surface area (Å²) >= 11 is 0. The highest BCUT2D eigenvalue weighted by atomic mass is 15.1. The molecular formula is C5H16N4. The molecule has 0 aliphatic carbocycles. The Morgan fingerprint density at radius 1 is 1.00 bits per heavy atom. The highest BCUT2D eigenvalue weighted by Gasteiger charge is 2.09. The van der Waals surface area contributed by atoms with E-state index in [9.17, 15) is 0 Å². The van der Waals surface area contributed by atoms with Crippen molar-refractivity contribution in [3.8, 4) is 0 Å². The first-order chi connectivity index (χ1) is 4.06. The SMILES string of the molecule is NCCCCC(N)(N)N. The van der Waals surface area contributed by atoms with Crippen molar-refractivity contribution in [2.24, 2.45) is 22.9 Å². The Morgan fingerprint density at radius 3 is 1.89 bits per heavy atom.